The number of hydrogen-bond acceptors (Lipinski definition) is 3. The van der Waals surface area contributed by atoms with Crippen molar-refractivity contribution in [3.8, 4) is 11.5 Å². The van der Waals surface area contributed by atoms with Crippen LogP contribution in [0.15, 0.2) is 47.1 Å². The lowest BCUT2D eigenvalue weighted by Crippen LogP contribution is -2.33. The molecule has 0 saturated carbocycles. The molecule has 0 saturated heterocycles. The second-order valence-electron chi connectivity index (χ2n) is 6.39. The first-order chi connectivity index (χ1) is 12.4. The van der Waals surface area contributed by atoms with Gasteiger partial charge in [0.25, 0.3) is 0 Å². The first-order valence-electron chi connectivity index (χ1n) is 8.46. The van der Waals surface area contributed by atoms with Crippen LogP contribution in [0.5, 0.6) is 11.5 Å². The number of benzene rings is 2. The summed E-state index contributed by atoms with van der Waals surface area (Å²) in [5.74, 6) is 1.40. The van der Waals surface area contributed by atoms with E-state index in [4.69, 9.17) is 9.47 Å². The molecule has 0 spiro atoms. The molecular weight excluding hydrogens is 394 g/mol. The van der Waals surface area contributed by atoms with E-state index < -0.39 is 0 Å². The molecule has 2 aromatic rings. The summed E-state index contributed by atoms with van der Waals surface area (Å²) in [6.45, 7) is 3.66. The fourth-order valence-electron chi connectivity index (χ4n) is 3.35. The minimum absolute atomic E-state index is 0.0267. The summed E-state index contributed by atoms with van der Waals surface area (Å²) in [6.07, 6.45) is 2.69. The standard InChI is InChI=1S/C21H22BrNO3/c1-13-9-16-10-20(25-3)21(26-4)11-18(16)19(12-23(13)14(2)24)15-5-7-17(22)8-6-15/h5-8,10-13H,9H2,1-4H3. The lowest BCUT2D eigenvalue weighted by atomic mass is 9.92. The number of rotatable bonds is 3. The number of fused-ring (bicyclic) bond motifs is 1. The molecular formula is C21H22BrNO3. The van der Waals surface area contributed by atoms with Gasteiger partial charge in [0, 0.05) is 29.2 Å². The number of hydrogen-bond donors (Lipinski definition) is 0. The van der Waals surface area contributed by atoms with Gasteiger partial charge in [0.2, 0.25) is 5.91 Å². The van der Waals surface area contributed by atoms with Crippen LogP contribution in [-0.4, -0.2) is 31.1 Å². The summed E-state index contributed by atoms with van der Waals surface area (Å²) >= 11 is 3.48. The number of methoxy groups -OCH3 is 2. The second-order valence-corrected chi connectivity index (χ2v) is 7.31. The molecule has 3 rings (SSSR count). The van der Waals surface area contributed by atoms with Crippen LogP contribution in [0, 0.1) is 0 Å². The van der Waals surface area contributed by atoms with Gasteiger partial charge in [-0.1, -0.05) is 28.1 Å². The van der Waals surface area contributed by atoms with E-state index in [0.717, 1.165) is 33.2 Å². The zero-order valence-electron chi connectivity index (χ0n) is 15.4. The minimum Gasteiger partial charge on any atom is -0.493 e. The van der Waals surface area contributed by atoms with Crippen molar-refractivity contribution in [1.29, 1.82) is 0 Å². The van der Waals surface area contributed by atoms with Crippen molar-refractivity contribution in [1.82, 2.24) is 4.90 Å². The minimum atomic E-state index is 0.0267. The van der Waals surface area contributed by atoms with E-state index in [-0.39, 0.29) is 11.9 Å². The highest BCUT2D eigenvalue weighted by molar-refractivity contribution is 9.10. The van der Waals surface area contributed by atoms with E-state index in [1.165, 1.54) is 0 Å². The Bertz CT molecular complexity index is 858. The van der Waals surface area contributed by atoms with Gasteiger partial charge in [-0.2, -0.15) is 0 Å². The maximum absolute atomic E-state index is 12.2. The summed E-state index contributed by atoms with van der Waals surface area (Å²) in [5.41, 5.74) is 4.23. The predicted molar refractivity (Wildman–Crippen MR) is 106 cm³/mol. The number of carbonyl (C=O) groups is 1. The molecule has 4 nitrogen and oxygen atoms in total. The van der Waals surface area contributed by atoms with Crippen molar-refractivity contribution < 1.29 is 14.3 Å². The van der Waals surface area contributed by atoms with Crippen molar-refractivity contribution in [2.75, 3.05) is 14.2 Å². The first-order valence-corrected chi connectivity index (χ1v) is 9.25. The molecule has 136 valence electrons. The molecule has 0 aliphatic carbocycles. The van der Waals surface area contributed by atoms with Crippen LogP contribution >= 0.6 is 15.9 Å². The molecule has 1 unspecified atom stereocenters. The van der Waals surface area contributed by atoms with Crippen LogP contribution in [0.25, 0.3) is 5.57 Å². The van der Waals surface area contributed by atoms with E-state index in [1.807, 2.05) is 42.6 Å². The lowest BCUT2D eigenvalue weighted by molar-refractivity contribution is -0.127. The van der Waals surface area contributed by atoms with E-state index >= 15 is 0 Å². The average Bonchev–Trinajstić information content (AvgIpc) is 2.77. The van der Waals surface area contributed by atoms with Gasteiger partial charge in [-0.25, -0.2) is 0 Å². The van der Waals surface area contributed by atoms with Gasteiger partial charge >= 0.3 is 0 Å². The lowest BCUT2D eigenvalue weighted by Gasteiger charge is -2.23. The normalized spacial score (nSPS) is 16.4. The van der Waals surface area contributed by atoms with E-state index in [0.29, 0.717) is 11.5 Å². The molecule has 0 N–H and O–H groups in total. The quantitative estimate of drug-likeness (QED) is 0.732. The van der Waals surface area contributed by atoms with E-state index in [9.17, 15) is 4.79 Å². The van der Waals surface area contributed by atoms with Crippen LogP contribution in [0.1, 0.15) is 30.5 Å². The van der Waals surface area contributed by atoms with Gasteiger partial charge in [-0.15, -0.1) is 0 Å². The Hall–Kier alpha value is -2.27. The van der Waals surface area contributed by atoms with Gasteiger partial charge in [0.1, 0.15) is 0 Å². The summed E-state index contributed by atoms with van der Waals surface area (Å²) in [5, 5.41) is 0. The molecule has 0 bridgehead atoms. The van der Waals surface area contributed by atoms with Crippen molar-refractivity contribution >= 4 is 27.4 Å². The summed E-state index contributed by atoms with van der Waals surface area (Å²) < 4.78 is 12.0. The Morgan fingerprint density at radius 2 is 1.73 bits per heavy atom. The molecule has 2 aromatic carbocycles. The molecule has 0 radical (unpaired) electrons. The molecule has 5 heteroatoms. The zero-order chi connectivity index (χ0) is 18.8. The third-order valence-electron chi connectivity index (χ3n) is 4.68. The molecule has 0 fully saturated rings. The third kappa shape index (κ3) is 3.49. The maximum Gasteiger partial charge on any atom is 0.223 e. The highest BCUT2D eigenvalue weighted by Gasteiger charge is 2.25. The molecule has 1 aliphatic rings. The average molecular weight is 416 g/mol. The monoisotopic (exact) mass is 415 g/mol. The Morgan fingerprint density at radius 1 is 1.12 bits per heavy atom. The van der Waals surface area contributed by atoms with Crippen LogP contribution in [0.2, 0.25) is 0 Å². The maximum atomic E-state index is 12.2. The van der Waals surface area contributed by atoms with E-state index in [2.05, 4.69) is 22.9 Å². The van der Waals surface area contributed by atoms with Crippen LogP contribution in [-0.2, 0) is 11.2 Å². The van der Waals surface area contributed by atoms with Crippen LogP contribution < -0.4 is 9.47 Å². The van der Waals surface area contributed by atoms with Gasteiger partial charge in [-0.05, 0) is 54.3 Å². The van der Waals surface area contributed by atoms with Crippen molar-refractivity contribution in [2.45, 2.75) is 26.3 Å². The van der Waals surface area contributed by atoms with Gasteiger partial charge in [0.15, 0.2) is 11.5 Å². The van der Waals surface area contributed by atoms with E-state index in [1.54, 1.807) is 26.0 Å². The van der Waals surface area contributed by atoms with Crippen molar-refractivity contribution in [3.05, 3.63) is 63.8 Å². The van der Waals surface area contributed by atoms with Crippen molar-refractivity contribution in [2.24, 2.45) is 0 Å². The first kappa shape index (κ1) is 18.5. The topological polar surface area (TPSA) is 38.8 Å². The Morgan fingerprint density at radius 3 is 2.31 bits per heavy atom. The van der Waals surface area contributed by atoms with Gasteiger partial charge in [-0.3, -0.25) is 4.79 Å². The second kappa shape index (κ2) is 7.54. The largest absolute Gasteiger partial charge is 0.493 e. The number of halogens is 1. The molecule has 26 heavy (non-hydrogen) atoms. The molecule has 1 heterocycles. The smallest absolute Gasteiger partial charge is 0.223 e. The molecule has 1 atom stereocenters. The number of amides is 1. The highest BCUT2D eigenvalue weighted by atomic mass is 79.9. The molecule has 1 amide bonds. The van der Waals surface area contributed by atoms with Crippen LogP contribution in [0.4, 0.5) is 0 Å². The third-order valence-corrected chi connectivity index (χ3v) is 5.21. The fraction of sp³-hybridized carbons (Fsp3) is 0.286. The number of carbonyl (C=O) groups excluding carboxylic acids is 1. The molecule has 0 aromatic heterocycles. The summed E-state index contributed by atoms with van der Waals surface area (Å²) in [6, 6.07) is 12.2. The Balaban J connectivity index is 2.25. The number of ether oxygens (including phenoxy) is 2. The molecule has 1 aliphatic heterocycles. The predicted octanol–water partition coefficient (Wildman–Crippen LogP) is 4.65. The van der Waals surface area contributed by atoms with Gasteiger partial charge < -0.3 is 14.4 Å². The Labute approximate surface area is 162 Å². The SMILES string of the molecule is COc1cc2c(cc1OC)C(c1ccc(Br)cc1)=CN(C(C)=O)C(C)C2. The zero-order valence-corrected chi connectivity index (χ0v) is 17.0. The van der Waals surface area contributed by atoms with Gasteiger partial charge in [0.05, 0.1) is 14.2 Å². The van der Waals surface area contributed by atoms with Crippen LogP contribution in [0.3, 0.4) is 0 Å². The van der Waals surface area contributed by atoms with Crippen molar-refractivity contribution in [3.63, 3.8) is 0 Å². The number of nitrogens with zero attached hydrogens (tertiary/aromatic N) is 1. The summed E-state index contributed by atoms with van der Waals surface area (Å²) in [4.78, 5) is 14.0. The Kier molecular flexibility index (Phi) is 5.37. The summed E-state index contributed by atoms with van der Waals surface area (Å²) in [7, 11) is 3.27. The fourth-order valence-corrected chi connectivity index (χ4v) is 3.62. The highest BCUT2D eigenvalue weighted by Crippen LogP contribution is 2.39.